The minimum absolute atomic E-state index is 0.111. The van der Waals surface area contributed by atoms with Gasteiger partial charge < -0.3 is 0 Å². The first-order chi connectivity index (χ1) is 20.0. The van der Waals surface area contributed by atoms with Crippen LogP contribution in [0.2, 0.25) is 5.02 Å². The molecule has 1 saturated heterocycles. The van der Waals surface area contributed by atoms with E-state index in [1.807, 2.05) is 13.0 Å². The SMILES string of the molecule is Cc1cccc(CS(=O)(=O)c2ncc(Cl)c(C(=O)Nc3nc(-c4ccc(S(=O)(=O)N5CCCCCC5)cc4)cs3)n2)c1. The van der Waals surface area contributed by atoms with Gasteiger partial charge in [-0.05, 0) is 37.5 Å². The summed E-state index contributed by atoms with van der Waals surface area (Å²) < 4.78 is 53.6. The average molecular weight is 646 g/mol. The fourth-order valence-electron chi connectivity index (χ4n) is 4.59. The van der Waals surface area contributed by atoms with E-state index >= 15 is 0 Å². The number of benzene rings is 2. The van der Waals surface area contributed by atoms with Crippen LogP contribution < -0.4 is 5.32 Å². The van der Waals surface area contributed by atoms with Crippen molar-refractivity contribution in [1.29, 1.82) is 0 Å². The van der Waals surface area contributed by atoms with E-state index in [0.29, 0.717) is 29.9 Å². The number of aryl methyl sites for hydroxylation is 1. The number of nitrogens with one attached hydrogen (secondary N) is 1. The van der Waals surface area contributed by atoms with Gasteiger partial charge in [0.25, 0.3) is 5.91 Å². The Balaban J connectivity index is 1.29. The second-order valence-corrected chi connectivity index (χ2v) is 15.0. The second-order valence-electron chi connectivity index (χ2n) is 9.93. The monoisotopic (exact) mass is 645 g/mol. The number of hydrogen-bond acceptors (Lipinski definition) is 9. The summed E-state index contributed by atoms with van der Waals surface area (Å²) in [6, 6.07) is 13.5. The van der Waals surface area contributed by atoms with Crippen LogP contribution in [-0.4, -0.2) is 55.1 Å². The zero-order valence-corrected chi connectivity index (χ0v) is 25.9. The molecular formula is C28H28ClN5O5S3. The molecule has 3 heterocycles. The third-order valence-electron chi connectivity index (χ3n) is 6.73. The van der Waals surface area contributed by atoms with Gasteiger partial charge in [0.05, 0.1) is 27.6 Å². The fourth-order valence-corrected chi connectivity index (χ4v) is 8.19. The number of anilines is 1. The lowest BCUT2D eigenvalue weighted by Gasteiger charge is -2.19. The number of halogens is 1. The molecule has 0 saturated carbocycles. The highest BCUT2D eigenvalue weighted by molar-refractivity contribution is 7.90. The van der Waals surface area contributed by atoms with E-state index in [1.54, 1.807) is 52.1 Å². The van der Waals surface area contributed by atoms with E-state index in [0.717, 1.165) is 48.8 Å². The molecule has 0 spiro atoms. The molecule has 1 amide bonds. The maximum absolute atomic E-state index is 13.1. The van der Waals surface area contributed by atoms with E-state index in [-0.39, 0.29) is 26.5 Å². The van der Waals surface area contributed by atoms with E-state index in [1.165, 1.54) is 0 Å². The third-order valence-corrected chi connectivity index (χ3v) is 11.1. The quantitative estimate of drug-likeness (QED) is 0.253. The van der Waals surface area contributed by atoms with Gasteiger partial charge in [0, 0.05) is 24.0 Å². The molecule has 1 aliphatic rings. The van der Waals surface area contributed by atoms with Crippen LogP contribution in [0.25, 0.3) is 11.3 Å². The normalized spacial score (nSPS) is 14.8. The van der Waals surface area contributed by atoms with Gasteiger partial charge in [0.2, 0.25) is 25.0 Å². The number of thiazole rings is 1. The smallest absolute Gasteiger partial charge is 0.277 e. The lowest BCUT2D eigenvalue weighted by molar-refractivity contribution is 0.102. The molecule has 0 bridgehead atoms. The van der Waals surface area contributed by atoms with E-state index in [4.69, 9.17) is 11.6 Å². The Bertz CT molecular complexity index is 1820. The lowest BCUT2D eigenvalue weighted by atomic mass is 10.2. The van der Waals surface area contributed by atoms with Crippen LogP contribution in [0.3, 0.4) is 0 Å². The largest absolute Gasteiger partial charge is 0.296 e. The molecule has 0 aliphatic carbocycles. The molecule has 220 valence electrons. The van der Waals surface area contributed by atoms with Crippen molar-refractivity contribution in [3.05, 3.63) is 82.0 Å². The van der Waals surface area contributed by atoms with Crippen molar-refractivity contribution < 1.29 is 21.6 Å². The highest BCUT2D eigenvalue weighted by Crippen LogP contribution is 2.28. The number of hydrogen-bond donors (Lipinski definition) is 1. The van der Waals surface area contributed by atoms with Gasteiger partial charge in [-0.3, -0.25) is 10.1 Å². The molecule has 1 aliphatic heterocycles. The molecule has 5 rings (SSSR count). The first-order valence-electron chi connectivity index (χ1n) is 13.2. The van der Waals surface area contributed by atoms with Gasteiger partial charge >= 0.3 is 0 Å². The number of carbonyl (C=O) groups is 1. The summed E-state index contributed by atoms with van der Waals surface area (Å²) in [7, 11) is -7.52. The number of aromatic nitrogens is 3. The first-order valence-corrected chi connectivity index (χ1v) is 17.6. The van der Waals surface area contributed by atoms with Crippen molar-refractivity contribution in [2.75, 3.05) is 18.4 Å². The molecular weight excluding hydrogens is 618 g/mol. The van der Waals surface area contributed by atoms with Gasteiger partial charge in [-0.25, -0.2) is 31.8 Å². The minimum Gasteiger partial charge on any atom is -0.296 e. The Morgan fingerprint density at radius 2 is 1.71 bits per heavy atom. The van der Waals surface area contributed by atoms with E-state index in [9.17, 15) is 21.6 Å². The van der Waals surface area contributed by atoms with Crippen LogP contribution in [0.15, 0.2) is 70.2 Å². The molecule has 0 radical (unpaired) electrons. The van der Waals surface area contributed by atoms with Crippen molar-refractivity contribution in [1.82, 2.24) is 19.3 Å². The van der Waals surface area contributed by atoms with Gasteiger partial charge in [-0.15, -0.1) is 11.3 Å². The molecule has 14 heteroatoms. The summed E-state index contributed by atoms with van der Waals surface area (Å²) >= 11 is 7.30. The van der Waals surface area contributed by atoms with E-state index in [2.05, 4.69) is 20.3 Å². The summed E-state index contributed by atoms with van der Waals surface area (Å²) in [5.74, 6) is -1.07. The Morgan fingerprint density at radius 3 is 2.40 bits per heavy atom. The van der Waals surface area contributed by atoms with Gasteiger partial charge in [-0.2, -0.15) is 4.31 Å². The number of sulfonamides is 1. The summed E-state index contributed by atoms with van der Waals surface area (Å²) in [6.07, 6.45) is 4.86. The number of carbonyl (C=O) groups excluding carboxylic acids is 1. The van der Waals surface area contributed by atoms with Crippen molar-refractivity contribution in [2.24, 2.45) is 0 Å². The predicted octanol–water partition coefficient (Wildman–Crippen LogP) is 5.35. The average Bonchev–Trinajstić information content (AvgIpc) is 3.23. The molecule has 2 aromatic heterocycles. The predicted molar refractivity (Wildman–Crippen MR) is 162 cm³/mol. The molecule has 1 N–H and O–H groups in total. The molecule has 42 heavy (non-hydrogen) atoms. The zero-order chi connectivity index (χ0) is 29.9. The van der Waals surface area contributed by atoms with Crippen LogP contribution in [0.5, 0.6) is 0 Å². The first kappa shape index (κ1) is 30.2. The van der Waals surface area contributed by atoms with Gasteiger partial charge in [-0.1, -0.05) is 66.4 Å². The maximum Gasteiger partial charge on any atom is 0.277 e. The molecule has 1 fully saturated rings. The summed E-state index contributed by atoms with van der Waals surface area (Å²) in [5, 5.41) is 3.94. The van der Waals surface area contributed by atoms with Gasteiger partial charge in [0.1, 0.15) is 0 Å². The lowest BCUT2D eigenvalue weighted by Crippen LogP contribution is -2.31. The highest BCUT2D eigenvalue weighted by atomic mass is 35.5. The highest BCUT2D eigenvalue weighted by Gasteiger charge is 2.26. The van der Waals surface area contributed by atoms with Gasteiger partial charge in [0.15, 0.2) is 10.8 Å². The molecule has 10 nitrogen and oxygen atoms in total. The topological polar surface area (TPSA) is 139 Å². The third kappa shape index (κ3) is 6.87. The van der Waals surface area contributed by atoms with Crippen molar-refractivity contribution in [2.45, 2.75) is 48.4 Å². The number of rotatable bonds is 8. The summed E-state index contributed by atoms with van der Waals surface area (Å²) in [6.45, 7) is 2.91. The van der Waals surface area contributed by atoms with E-state index < -0.39 is 30.9 Å². The fraction of sp³-hybridized carbons (Fsp3) is 0.286. The maximum atomic E-state index is 13.1. The Morgan fingerprint density at radius 1 is 1.00 bits per heavy atom. The molecule has 2 aromatic carbocycles. The number of sulfone groups is 1. The van der Waals surface area contributed by atoms with Crippen LogP contribution in [-0.2, 0) is 25.6 Å². The summed E-state index contributed by atoms with van der Waals surface area (Å²) in [5.41, 5.74) is 2.39. The Hall–Kier alpha value is -3.23. The van der Waals surface area contributed by atoms with Crippen molar-refractivity contribution >= 4 is 53.8 Å². The van der Waals surface area contributed by atoms with Crippen molar-refractivity contribution in [3.8, 4) is 11.3 Å². The van der Waals surface area contributed by atoms with Crippen LogP contribution in [0.1, 0.15) is 47.3 Å². The van der Waals surface area contributed by atoms with Crippen LogP contribution >= 0.6 is 22.9 Å². The second kappa shape index (κ2) is 12.6. The Kier molecular flexibility index (Phi) is 9.04. The van der Waals surface area contributed by atoms with Crippen LogP contribution in [0.4, 0.5) is 5.13 Å². The standard InChI is InChI=1S/C28H28ClN5O5S3/c1-19-7-6-8-20(15-19)18-41(36,37)28-30-16-23(29)25(32-28)26(35)33-27-31-24(17-40-27)21-9-11-22(12-10-21)42(38,39)34-13-4-2-3-5-14-34/h6-12,15-17H,2-5,13-14,18H2,1H3,(H,31,33,35). The van der Waals surface area contributed by atoms with Crippen molar-refractivity contribution in [3.63, 3.8) is 0 Å². The number of nitrogens with zero attached hydrogens (tertiary/aromatic N) is 4. The summed E-state index contributed by atoms with van der Waals surface area (Å²) in [4.78, 5) is 25.5. The minimum atomic E-state index is -3.95. The zero-order valence-electron chi connectivity index (χ0n) is 22.7. The molecule has 0 unspecified atom stereocenters. The van der Waals surface area contributed by atoms with Crippen LogP contribution in [0, 0.1) is 6.92 Å². The molecule has 4 aromatic rings. The Labute approximate surface area is 253 Å². The molecule has 0 atom stereocenters. The number of amides is 1.